The van der Waals surface area contributed by atoms with Crippen LogP contribution >= 0.6 is 0 Å². The first-order valence-electron chi connectivity index (χ1n) is 6.73. The number of nitrogens with zero attached hydrogens (tertiary/aromatic N) is 1. The van der Waals surface area contributed by atoms with Gasteiger partial charge in [-0.25, -0.2) is 0 Å². The zero-order valence-electron chi connectivity index (χ0n) is 11.3. The van der Waals surface area contributed by atoms with E-state index in [-0.39, 0.29) is 6.42 Å². The van der Waals surface area contributed by atoms with Gasteiger partial charge in [0.05, 0.1) is 11.8 Å². The van der Waals surface area contributed by atoms with Crippen LogP contribution in [0.5, 0.6) is 0 Å². The Labute approximate surface area is 117 Å². The highest BCUT2D eigenvalue weighted by Crippen LogP contribution is 2.35. The average Bonchev–Trinajstić information content (AvgIpc) is 2.41. The highest BCUT2D eigenvalue weighted by Gasteiger charge is 2.43. The summed E-state index contributed by atoms with van der Waals surface area (Å²) in [6.45, 7) is 2.02. The Bertz CT molecular complexity index is 478. The van der Waals surface area contributed by atoms with Crippen molar-refractivity contribution < 1.29 is 19.8 Å². The van der Waals surface area contributed by atoms with Crippen LogP contribution in [0.4, 0.5) is 0 Å². The Morgan fingerprint density at radius 1 is 1.10 bits per heavy atom. The summed E-state index contributed by atoms with van der Waals surface area (Å²) in [4.78, 5) is 24.4. The molecule has 20 heavy (non-hydrogen) atoms. The summed E-state index contributed by atoms with van der Waals surface area (Å²) in [7, 11) is 0. The minimum Gasteiger partial charge on any atom is -0.481 e. The molecule has 108 valence electrons. The summed E-state index contributed by atoms with van der Waals surface area (Å²) in [5.74, 6) is -2.02. The molecule has 2 N–H and O–H groups in total. The second kappa shape index (κ2) is 6.05. The van der Waals surface area contributed by atoms with Crippen LogP contribution < -0.4 is 0 Å². The van der Waals surface area contributed by atoms with Gasteiger partial charge in [0.15, 0.2) is 0 Å². The Balaban J connectivity index is 1.96. The van der Waals surface area contributed by atoms with Gasteiger partial charge in [0.25, 0.3) is 0 Å². The van der Waals surface area contributed by atoms with E-state index in [1.54, 1.807) is 0 Å². The third-order valence-corrected chi connectivity index (χ3v) is 4.01. The Hall–Kier alpha value is -1.88. The molecule has 0 atom stereocenters. The molecule has 0 aromatic heterocycles. The van der Waals surface area contributed by atoms with Gasteiger partial charge < -0.3 is 10.2 Å². The fourth-order valence-corrected chi connectivity index (χ4v) is 2.74. The molecule has 1 aromatic rings. The zero-order valence-corrected chi connectivity index (χ0v) is 11.3. The van der Waals surface area contributed by atoms with Crippen LogP contribution in [0.2, 0.25) is 0 Å². The molecule has 1 aliphatic rings. The maximum absolute atomic E-state index is 11.4. The van der Waals surface area contributed by atoms with Crippen molar-refractivity contribution in [3.05, 3.63) is 35.9 Å². The number of carbonyl (C=O) groups is 2. The van der Waals surface area contributed by atoms with Crippen molar-refractivity contribution in [2.45, 2.75) is 25.8 Å². The van der Waals surface area contributed by atoms with Crippen molar-refractivity contribution in [3.63, 3.8) is 0 Å². The third-order valence-electron chi connectivity index (χ3n) is 4.01. The van der Waals surface area contributed by atoms with Gasteiger partial charge in [0.1, 0.15) is 0 Å². The first-order valence-corrected chi connectivity index (χ1v) is 6.73. The van der Waals surface area contributed by atoms with Crippen molar-refractivity contribution >= 4 is 11.9 Å². The van der Waals surface area contributed by atoms with Crippen molar-refractivity contribution in [1.29, 1.82) is 0 Å². The minimum absolute atomic E-state index is 0.290. The van der Waals surface area contributed by atoms with Gasteiger partial charge in [0.2, 0.25) is 0 Å². The lowest BCUT2D eigenvalue weighted by atomic mass is 9.75. The van der Waals surface area contributed by atoms with Gasteiger partial charge in [-0.05, 0) is 31.5 Å². The summed E-state index contributed by atoms with van der Waals surface area (Å²) in [6.07, 6.45) is 0.491. The molecule has 0 unspecified atom stereocenters. The fraction of sp³-hybridized carbons (Fsp3) is 0.467. The van der Waals surface area contributed by atoms with E-state index in [0.717, 1.165) is 6.54 Å². The number of piperidine rings is 1. The van der Waals surface area contributed by atoms with Gasteiger partial charge in [-0.1, -0.05) is 30.3 Å². The molecule has 0 bridgehead atoms. The van der Waals surface area contributed by atoms with E-state index >= 15 is 0 Å². The Morgan fingerprint density at radius 3 is 2.20 bits per heavy atom. The van der Waals surface area contributed by atoms with E-state index in [1.165, 1.54) is 5.56 Å². The normalized spacial score (nSPS) is 18.6. The third kappa shape index (κ3) is 3.36. The summed E-state index contributed by atoms with van der Waals surface area (Å²) >= 11 is 0. The number of rotatable bonds is 5. The van der Waals surface area contributed by atoms with Crippen molar-refractivity contribution in [1.82, 2.24) is 4.90 Å². The maximum Gasteiger partial charge on any atom is 0.310 e. The molecule has 0 amide bonds. The highest BCUT2D eigenvalue weighted by molar-refractivity contribution is 5.81. The number of hydrogen-bond acceptors (Lipinski definition) is 3. The van der Waals surface area contributed by atoms with Gasteiger partial charge in [0, 0.05) is 6.54 Å². The number of carboxylic acid groups (broad SMARTS) is 2. The molecule has 1 aliphatic heterocycles. The first kappa shape index (κ1) is 14.5. The van der Waals surface area contributed by atoms with E-state index in [1.807, 2.05) is 30.3 Å². The lowest BCUT2D eigenvalue weighted by Crippen LogP contribution is -2.45. The molecule has 1 heterocycles. The maximum atomic E-state index is 11.4. The van der Waals surface area contributed by atoms with Crippen LogP contribution in [0.15, 0.2) is 30.3 Å². The molecular weight excluding hydrogens is 258 g/mol. The number of aliphatic carboxylic acids is 2. The second-order valence-electron chi connectivity index (χ2n) is 5.42. The number of benzene rings is 1. The fourth-order valence-electron chi connectivity index (χ4n) is 2.74. The molecule has 2 rings (SSSR count). The minimum atomic E-state index is -1.10. The standard InChI is InChI=1S/C15H19NO4/c17-13(18)10-15(14(19)20)6-8-16(9-7-15)11-12-4-2-1-3-5-12/h1-5H,6-11H2,(H,17,18)(H,19,20). The van der Waals surface area contributed by atoms with E-state index in [2.05, 4.69) is 4.90 Å². The average molecular weight is 277 g/mol. The molecule has 0 radical (unpaired) electrons. The SMILES string of the molecule is O=C(O)CC1(C(=O)O)CCN(Cc2ccccc2)CC1. The van der Waals surface area contributed by atoms with E-state index in [4.69, 9.17) is 5.11 Å². The number of hydrogen-bond donors (Lipinski definition) is 2. The predicted molar refractivity (Wildman–Crippen MR) is 73.3 cm³/mol. The van der Waals surface area contributed by atoms with Gasteiger partial charge in [-0.2, -0.15) is 0 Å². The zero-order chi connectivity index (χ0) is 14.6. The molecule has 5 heteroatoms. The first-order chi connectivity index (χ1) is 9.52. The highest BCUT2D eigenvalue weighted by atomic mass is 16.4. The molecular formula is C15H19NO4. The molecule has 0 saturated carbocycles. The summed E-state index contributed by atoms with van der Waals surface area (Å²) in [6, 6.07) is 9.99. The van der Waals surface area contributed by atoms with Crippen LogP contribution in [0.1, 0.15) is 24.8 Å². The van der Waals surface area contributed by atoms with Crippen molar-refractivity contribution in [2.24, 2.45) is 5.41 Å². The van der Waals surface area contributed by atoms with Gasteiger partial charge >= 0.3 is 11.9 Å². The summed E-state index contributed by atoms with van der Waals surface area (Å²) in [5.41, 5.74) is 0.0903. The van der Waals surface area contributed by atoms with Crippen molar-refractivity contribution in [3.8, 4) is 0 Å². The monoisotopic (exact) mass is 277 g/mol. The summed E-state index contributed by atoms with van der Waals surface area (Å²) in [5, 5.41) is 18.2. The van der Waals surface area contributed by atoms with Crippen LogP contribution in [0.3, 0.4) is 0 Å². The molecule has 1 fully saturated rings. The van der Waals surface area contributed by atoms with E-state index in [0.29, 0.717) is 25.9 Å². The molecule has 0 spiro atoms. The molecule has 5 nitrogen and oxygen atoms in total. The molecule has 1 aromatic carbocycles. The van der Waals surface area contributed by atoms with Crippen LogP contribution in [0, 0.1) is 5.41 Å². The number of likely N-dealkylation sites (tertiary alicyclic amines) is 1. The quantitative estimate of drug-likeness (QED) is 0.858. The largest absolute Gasteiger partial charge is 0.481 e. The Morgan fingerprint density at radius 2 is 1.70 bits per heavy atom. The van der Waals surface area contributed by atoms with Crippen LogP contribution in [-0.2, 0) is 16.1 Å². The summed E-state index contributed by atoms with van der Waals surface area (Å²) < 4.78 is 0. The van der Waals surface area contributed by atoms with Gasteiger partial charge in [-0.3, -0.25) is 14.5 Å². The topological polar surface area (TPSA) is 77.8 Å². The predicted octanol–water partition coefficient (Wildman–Crippen LogP) is 1.83. The van der Waals surface area contributed by atoms with E-state index in [9.17, 15) is 14.7 Å². The van der Waals surface area contributed by atoms with Crippen molar-refractivity contribution in [2.75, 3.05) is 13.1 Å². The van der Waals surface area contributed by atoms with Crippen LogP contribution in [0.25, 0.3) is 0 Å². The lowest BCUT2D eigenvalue weighted by Gasteiger charge is -2.38. The van der Waals surface area contributed by atoms with Crippen LogP contribution in [-0.4, -0.2) is 40.1 Å². The van der Waals surface area contributed by atoms with E-state index < -0.39 is 17.4 Å². The lowest BCUT2D eigenvalue weighted by molar-refractivity contribution is -0.159. The second-order valence-corrected chi connectivity index (χ2v) is 5.42. The Kier molecular flexibility index (Phi) is 4.39. The number of carboxylic acids is 2. The molecule has 0 aliphatic carbocycles. The smallest absolute Gasteiger partial charge is 0.310 e. The molecule has 1 saturated heterocycles. The van der Waals surface area contributed by atoms with Gasteiger partial charge in [-0.15, -0.1) is 0 Å².